The quantitative estimate of drug-likeness (QED) is 0.926. The predicted octanol–water partition coefficient (Wildman–Crippen LogP) is 3.04. The molecule has 2 aromatic rings. The molecule has 0 aliphatic heterocycles. The Kier molecular flexibility index (Phi) is 3.19. The lowest BCUT2D eigenvalue weighted by Crippen LogP contribution is -2.07. The summed E-state index contributed by atoms with van der Waals surface area (Å²) in [5.41, 5.74) is 8.94. The summed E-state index contributed by atoms with van der Waals surface area (Å²) in [6.07, 6.45) is 0. The number of nitrogens with two attached hydrogens (primary N) is 1. The highest BCUT2D eigenvalue weighted by Crippen LogP contribution is 2.27. The summed E-state index contributed by atoms with van der Waals surface area (Å²) in [6.45, 7) is 6.21. The van der Waals surface area contributed by atoms with E-state index in [1.807, 2.05) is 29.8 Å². The first-order valence-electron chi connectivity index (χ1n) is 5.49. The van der Waals surface area contributed by atoms with Crippen LogP contribution in [0.1, 0.15) is 31.0 Å². The van der Waals surface area contributed by atoms with E-state index in [0.29, 0.717) is 5.82 Å². The van der Waals surface area contributed by atoms with Crippen LogP contribution in [-0.2, 0) is 0 Å². The van der Waals surface area contributed by atoms with Gasteiger partial charge in [0, 0.05) is 4.47 Å². The van der Waals surface area contributed by atoms with E-state index >= 15 is 0 Å². The Labute approximate surface area is 109 Å². The Bertz CT molecular complexity index is 545. The van der Waals surface area contributed by atoms with Crippen molar-refractivity contribution in [2.75, 3.05) is 5.73 Å². The maximum absolute atomic E-state index is 5.86. The zero-order valence-electron chi connectivity index (χ0n) is 10.1. The van der Waals surface area contributed by atoms with Crippen LogP contribution in [0.2, 0.25) is 0 Å². The number of aromatic nitrogens is 3. The number of nitrogen functional groups attached to an aromatic ring is 1. The molecule has 1 aromatic carbocycles. The van der Waals surface area contributed by atoms with Crippen molar-refractivity contribution in [3.8, 4) is 5.69 Å². The van der Waals surface area contributed by atoms with Crippen LogP contribution < -0.4 is 5.73 Å². The van der Waals surface area contributed by atoms with E-state index in [2.05, 4.69) is 40.1 Å². The number of nitrogens with zero attached hydrogens (tertiary/aromatic N) is 3. The van der Waals surface area contributed by atoms with E-state index in [0.717, 1.165) is 21.4 Å². The Balaban J connectivity index is 2.65. The van der Waals surface area contributed by atoms with Crippen LogP contribution in [0.15, 0.2) is 22.7 Å². The number of anilines is 1. The van der Waals surface area contributed by atoms with Crippen molar-refractivity contribution in [2.24, 2.45) is 0 Å². The van der Waals surface area contributed by atoms with E-state index in [9.17, 15) is 0 Å². The highest BCUT2D eigenvalue weighted by Gasteiger charge is 2.16. The van der Waals surface area contributed by atoms with E-state index in [-0.39, 0.29) is 5.92 Å². The molecule has 1 heterocycles. The zero-order valence-corrected chi connectivity index (χ0v) is 11.7. The molecule has 90 valence electrons. The molecule has 0 amide bonds. The molecule has 4 nitrogen and oxygen atoms in total. The minimum atomic E-state index is 0.281. The molecular formula is C12H15BrN4. The lowest BCUT2D eigenvalue weighted by molar-refractivity contribution is 0.713. The van der Waals surface area contributed by atoms with Crippen LogP contribution >= 0.6 is 15.9 Å². The first-order valence-corrected chi connectivity index (χ1v) is 6.28. The van der Waals surface area contributed by atoms with E-state index < -0.39 is 0 Å². The largest absolute Gasteiger partial charge is 0.381 e. The summed E-state index contributed by atoms with van der Waals surface area (Å²) in [4.78, 5) is 0. The van der Waals surface area contributed by atoms with Gasteiger partial charge in [0.1, 0.15) is 0 Å². The molecule has 0 saturated carbocycles. The molecule has 0 saturated heterocycles. The molecule has 0 fully saturated rings. The number of halogens is 1. The summed E-state index contributed by atoms with van der Waals surface area (Å²) in [5, 5.41) is 8.09. The Morgan fingerprint density at radius 1 is 1.35 bits per heavy atom. The third-order valence-electron chi connectivity index (χ3n) is 2.75. The van der Waals surface area contributed by atoms with Crippen LogP contribution in [0.5, 0.6) is 0 Å². The van der Waals surface area contributed by atoms with Crippen LogP contribution in [0.4, 0.5) is 5.82 Å². The van der Waals surface area contributed by atoms with E-state index in [1.165, 1.54) is 0 Å². The fourth-order valence-electron chi connectivity index (χ4n) is 1.84. The predicted molar refractivity (Wildman–Crippen MR) is 72.3 cm³/mol. The van der Waals surface area contributed by atoms with Gasteiger partial charge in [0.25, 0.3) is 0 Å². The van der Waals surface area contributed by atoms with Gasteiger partial charge < -0.3 is 5.73 Å². The van der Waals surface area contributed by atoms with Gasteiger partial charge in [-0.1, -0.05) is 41.1 Å². The van der Waals surface area contributed by atoms with Crippen molar-refractivity contribution in [1.29, 1.82) is 0 Å². The maximum Gasteiger partial charge on any atom is 0.169 e. The first-order chi connectivity index (χ1) is 8.02. The van der Waals surface area contributed by atoms with Crippen molar-refractivity contribution in [1.82, 2.24) is 15.0 Å². The van der Waals surface area contributed by atoms with Crippen molar-refractivity contribution < 1.29 is 0 Å². The van der Waals surface area contributed by atoms with Gasteiger partial charge in [-0.2, -0.15) is 0 Å². The number of hydrogen-bond acceptors (Lipinski definition) is 3. The molecular weight excluding hydrogens is 280 g/mol. The van der Waals surface area contributed by atoms with Gasteiger partial charge in [-0.05, 0) is 30.5 Å². The minimum Gasteiger partial charge on any atom is -0.381 e. The molecule has 2 rings (SSSR count). The van der Waals surface area contributed by atoms with Gasteiger partial charge in [-0.15, -0.1) is 5.10 Å². The lowest BCUT2D eigenvalue weighted by Gasteiger charge is -2.12. The molecule has 0 aliphatic carbocycles. The molecule has 0 atom stereocenters. The molecule has 0 aliphatic rings. The third-order valence-corrected chi connectivity index (χ3v) is 3.61. The van der Waals surface area contributed by atoms with Gasteiger partial charge in [0.15, 0.2) is 5.82 Å². The summed E-state index contributed by atoms with van der Waals surface area (Å²) >= 11 is 3.52. The summed E-state index contributed by atoms with van der Waals surface area (Å²) in [5.74, 6) is 0.780. The number of benzene rings is 1. The summed E-state index contributed by atoms with van der Waals surface area (Å²) in [6, 6.07) is 6.00. The second-order valence-electron chi connectivity index (χ2n) is 4.31. The lowest BCUT2D eigenvalue weighted by atomic mass is 10.1. The Hall–Kier alpha value is -1.36. The smallest absolute Gasteiger partial charge is 0.169 e. The van der Waals surface area contributed by atoms with E-state index in [4.69, 9.17) is 5.73 Å². The Morgan fingerprint density at radius 3 is 2.71 bits per heavy atom. The van der Waals surface area contributed by atoms with Gasteiger partial charge in [0.05, 0.1) is 11.4 Å². The van der Waals surface area contributed by atoms with Gasteiger partial charge in [-0.3, -0.25) is 0 Å². The molecule has 0 radical (unpaired) electrons. The zero-order chi connectivity index (χ0) is 12.6. The van der Waals surface area contributed by atoms with Crippen molar-refractivity contribution in [2.45, 2.75) is 26.7 Å². The molecule has 0 bridgehead atoms. The number of rotatable bonds is 2. The summed E-state index contributed by atoms with van der Waals surface area (Å²) < 4.78 is 2.87. The number of hydrogen-bond donors (Lipinski definition) is 1. The Morgan fingerprint density at radius 2 is 2.06 bits per heavy atom. The normalized spacial score (nSPS) is 11.1. The van der Waals surface area contributed by atoms with Gasteiger partial charge in [-0.25, -0.2) is 4.68 Å². The van der Waals surface area contributed by atoms with Crippen LogP contribution in [0.3, 0.4) is 0 Å². The maximum atomic E-state index is 5.86. The molecule has 1 aromatic heterocycles. The average Bonchev–Trinajstić information content (AvgIpc) is 2.64. The molecule has 0 unspecified atom stereocenters. The first kappa shape index (κ1) is 12.1. The average molecular weight is 295 g/mol. The van der Waals surface area contributed by atoms with Crippen LogP contribution in [0, 0.1) is 6.92 Å². The topological polar surface area (TPSA) is 56.7 Å². The monoisotopic (exact) mass is 294 g/mol. The van der Waals surface area contributed by atoms with Gasteiger partial charge in [0.2, 0.25) is 0 Å². The van der Waals surface area contributed by atoms with Gasteiger partial charge >= 0.3 is 0 Å². The minimum absolute atomic E-state index is 0.281. The standard InChI is InChI=1S/C12H15BrN4/c1-7(2)11-12(14)15-16-17(11)10-6-4-5-9(13)8(10)3/h4-7H,14H2,1-3H3. The van der Waals surface area contributed by atoms with Crippen LogP contribution in [-0.4, -0.2) is 15.0 Å². The fourth-order valence-corrected chi connectivity index (χ4v) is 2.20. The highest BCUT2D eigenvalue weighted by molar-refractivity contribution is 9.10. The molecule has 17 heavy (non-hydrogen) atoms. The van der Waals surface area contributed by atoms with Crippen molar-refractivity contribution in [3.63, 3.8) is 0 Å². The second kappa shape index (κ2) is 4.49. The molecule has 2 N–H and O–H groups in total. The third kappa shape index (κ3) is 2.07. The van der Waals surface area contributed by atoms with Crippen LogP contribution in [0.25, 0.3) is 5.69 Å². The summed E-state index contributed by atoms with van der Waals surface area (Å²) in [7, 11) is 0. The van der Waals surface area contributed by atoms with Crippen molar-refractivity contribution >= 4 is 21.7 Å². The molecule has 0 spiro atoms. The fraction of sp³-hybridized carbons (Fsp3) is 0.333. The molecule has 5 heteroatoms. The van der Waals surface area contributed by atoms with Crippen molar-refractivity contribution in [3.05, 3.63) is 33.9 Å². The highest BCUT2D eigenvalue weighted by atomic mass is 79.9. The van der Waals surface area contributed by atoms with E-state index in [1.54, 1.807) is 0 Å². The second-order valence-corrected chi connectivity index (χ2v) is 5.16. The SMILES string of the molecule is Cc1c(Br)cccc1-n1nnc(N)c1C(C)C.